The Morgan fingerprint density at radius 3 is 2.93 bits per heavy atom. The Bertz CT molecular complexity index is 319. The van der Waals surface area contributed by atoms with Crippen LogP contribution < -0.4 is 5.32 Å². The smallest absolute Gasteiger partial charge is 0.137 e. The summed E-state index contributed by atoms with van der Waals surface area (Å²) in [6.45, 7) is 3.40. The Balaban J connectivity index is 2.47. The normalized spacial score (nSPS) is 12.8. The van der Waals surface area contributed by atoms with Crippen LogP contribution in [-0.4, -0.2) is 11.9 Å². The molecule has 0 aliphatic carbocycles. The van der Waals surface area contributed by atoms with E-state index in [0.29, 0.717) is 11.0 Å². The molecule has 0 spiro atoms. The van der Waals surface area contributed by atoms with E-state index < -0.39 is 0 Å². The van der Waals surface area contributed by atoms with Crippen LogP contribution >= 0.6 is 27.5 Å². The van der Waals surface area contributed by atoms with E-state index in [1.165, 1.54) is 6.07 Å². The van der Waals surface area contributed by atoms with Crippen molar-refractivity contribution in [1.82, 2.24) is 5.32 Å². The fourth-order valence-electron chi connectivity index (χ4n) is 1.19. The van der Waals surface area contributed by atoms with Gasteiger partial charge in [0.2, 0.25) is 0 Å². The minimum absolute atomic E-state index is 0.136. The molecule has 1 unspecified atom stereocenters. The van der Waals surface area contributed by atoms with Gasteiger partial charge in [-0.2, -0.15) is 0 Å². The summed E-state index contributed by atoms with van der Waals surface area (Å²) in [5, 5.41) is 3.33. The van der Waals surface area contributed by atoms with Crippen LogP contribution in [0.3, 0.4) is 0 Å². The summed E-state index contributed by atoms with van der Waals surface area (Å²) in [6, 6.07) is 5.02. The Labute approximate surface area is 103 Å². The Morgan fingerprint density at radius 1 is 1.53 bits per heavy atom. The lowest BCUT2D eigenvalue weighted by Crippen LogP contribution is -2.22. The van der Waals surface area contributed by atoms with E-state index in [1.54, 1.807) is 6.07 Å². The highest BCUT2D eigenvalue weighted by Gasteiger charge is 2.05. The molecule has 0 saturated heterocycles. The molecule has 84 valence electrons. The molecule has 0 saturated carbocycles. The highest BCUT2D eigenvalue weighted by molar-refractivity contribution is 9.10. The minimum atomic E-state index is -0.229. The zero-order valence-corrected chi connectivity index (χ0v) is 10.9. The van der Waals surface area contributed by atoms with Crippen molar-refractivity contribution >= 4 is 27.5 Å². The first-order valence-corrected chi connectivity index (χ1v) is 6.15. The SMILES string of the molecule is CCC(Cl)CNCc1cccc(F)c1Br. The van der Waals surface area contributed by atoms with E-state index in [9.17, 15) is 4.39 Å². The van der Waals surface area contributed by atoms with E-state index in [-0.39, 0.29) is 11.2 Å². The molecule has 0 amide bonds. The van der Waals surface area contributed by atoms with Gasteiger partial charge < -0.3 is 5.32 Å². The van der Waals surface area contributed by atoms with Gasteiger partial charge in [0.25, 0.3) is 0 Å². The van der Waals surface area contributed by atoms with Gasteiger partial charge in [0.05, 0.1) is 4.47 Å². The standard InChI is InChI=1S/C11H14BrClFN/c1-2-9(13)7-15-6-8-4-3-5-10(14)11(8)12/h3-5,9,15H,2,6-7H2,1H3. The van der Waals surface area contributed by atoms with Crippen LogP contribution in [0.25, 0.3) is 0 Å². The molecule has 15 heavy (non-hydrogen) atoms. The van der Waals surface area contributed by atoms with Crippen molar-refractivity contribution < 1.29 is 4.39 Å². The van der Waals surface area contributed by atoms with Gasteiger partial charge in [0.15, 0.2) is 0 Å². The van der Waals surface area contributed by atoms with Gasteiger partial charge in [-0.3, -0.25) is 0 Å². The monoisotopic (exact) mass is 293 g/mol. The van der Waals surface area contributed by atoms with E-state index in [2.05, 4.69) is 21.2 Å². The lowest BCUT2D eigenvalue weighted by atomic mass is 10.2. The van der Waals surface area contributed by atoms with Crippen LogP contribution in [0.2, 0.25) is 0 Å². The molecule has 0 aliphatic heterocycles. The third-order valence-electron chi connectivity index (χ3n) is 2.16. The van der Waals surface area contributed by atoms with Crippen LogP contribution in [0.1, 0.15) is 18.9 Å². The number of hydrogen-bond acceptors (Lipinski definition) is 1. The van der Waals surface area contributed by atoms with E-state index in [0.717, 1.165) is 18.5 Å². The van der Waals surface area contributed by atoms with Crippen molar-refractivity contribution in [2.75, 3.05) is 6.54 Å². The summed E-state index contributed by atoms with van der Waals surface area (Å²) in [6.07, 6.45) is 0.929. The molecule has 0 fully saturated rings. The molecular weight excluding hydrogens is 280 g/mol. The molecule has 0 aromatic heterocycles. The summed E-state index contributed by atoms with van der Waals surface area (Å²) in [4.78, 5) is 0. The fourth-order valence-corrected chi connectivity index (χ4v) is 1.71. The number of halogens is 3. The molecule has 0 heterocycles. The largest absolute Gasteiger partial charge is 0.311 e. The van der Waals surface area contributed by atoms with Crippen molar-refractivity contribution in [2.24, 2.45) is 0 Å². The molecule has 1 N–H and O–H groups in total. The second-order valence-corrected chi connectivity index (χ2v) is 4.76. The topological polar surface area (TPSA) is 12.0 Å². The maximum absolute atomic E-state index is 13.1. The van der Waals surface area contributed by atoms with Crippen LogP contribution in [0.5, 0.6) is 0 Å². The lowest BCUT2D eigenvalue weighted by Gasteiger charge is -2.09. The zero-order chi connectivity index (χ0) is 11.3. The van der Waals surface area contributed by atoms with Crippen molar-refractivity contribution in [1.29, 1.82) is 0 Å². The molecule has 1 nitrogen and oxygen atoms in total. The molecule has 1 atom stereocenters. The average Bonchev–Trinajstić information content (AvgIpc) is 2.24. The number of hydrogen-bond donors (Lipinski definition) is 1. The predicted molar refractivity (Wildman–Crippen MR) is 65.7 cm³/mol. The Hall–Kier alpha value is -0.120. The highest BCUT2D eigenvalue weighted by atomic mass is 79.9. The molecule has 0 radical (unpaired) electrons. The number of benzene rings is 1. The molecule has 1 aromatic carbocycles. The van der Waals surface area contributed by atoms with Gasteiger partial charge in [0, 0.05) is 18.5 Å². The van der Waals surface area contributed by atoms with E-state index in [1.807, 2.05) is 13.0 Å². The van der Waals surface area contributed by atoms with Crippen LogP contribution in [-0.2, 0) is 6.54 Å². The summed E-state index contributed by atoms with van der Waals surface area (Å²) >= 11 is 9.17. The molecule has 0 bridgehead atoms. The van der Waals surface area contributed by atoms with Gasteiger partial charge in [-0.25, -0.2) is 4.39 Å². The van der Waals surface area contributed by atoms with Crippen molar-refractivity contribution in [3.05, 3.63) is 34.1 Å². The van der Waals surface area contributed by atoms with Crippen LogP contribution in [0.15, 0.2) is 22.7 Å². The van der Waals surface area contributed by atoms with Crippen molar-refractivity contribution in [2.45, 2.75) is 25.3 Å². The first-order valence-electron chi connectivity index (χ1n) is 4.92. The third kappa shape index (κ3) is 4.09. The van der Waals surface area contributed by atoms with E-state index in [4.69, 9.17) is 11.6 Å². The second kappa shape index (κ2) is 6.46. The summed E-state index contributed by atoms with van der Waals surface area (Å²) in [5.74, 6) is -0.229. The Morgan fingerprint density at radius 2 is 2.27 bits per heavy atom. The van der Waals surface area contributed by atoms with Crippen molar-refractivity contribution in [3.8, 4) is 0 Å². The maximum atomic E-state index is 13.1. The second-order valence-electron chi connectivity index (χ2n) is 3.35. The third-order valence-corrected chi connectivity index (χ3v) is 3.51. The van der Waals surface area contributed by atoms with Crippen LogP contribution in [0, 0.1) is 5.82 Å². The van der Waals surface area contributed by atoms with Crippen LogP contribution in [0.4, 0.5) is 4.39 Å². The molecule has 4 heteroatoms. The number of nitrogens with one attached hydrogen (secondary N) is 1. The highest BCUT2D eigenvalue weighted by Crippen LogP contribution is 2.20. The molecule has 1 rings (SSSR count). The summed E-state index contributed by atoms with van der Waals surface area (Å²) < 4.78 is 13.7. The summed E-state index contributed by atoms with van der Waals surface area (Å²) in [7, 11) is 0. The van der Waals surface area contributed by atoms with E-state index >= 15 is 0 Å². The van der Waals surface area contributed by atoms with Gasteiger partial charge >= 0.3 is 0 Å². The molecule has 1 aromatic rings. The van der Waals surface area contributed by atoms with Gasteiger partial charge in [-0.05, 0) is 34.0 Å². The number of alkyl halides is 1. The quantitative estimate of drug-likeness (QED) is 0.817. The zero-order valence-electron chi connectivity index (χ0n) is 8.56. The maximum Gasteiger partial charge on any atom is 0.137 e. The Kier molecular flexibility index (Phi) is 5.58. The summed E-state index contributed by atoms with van der Waals surface area (Å²) in [5.41, 5.74) is 0.912. The first-order chi connectivity index (χ1) is 7.15. The van der Waals surface area contributed by atoms with Crippen molar-refractivity contribution in [3.63, 3.8) is 0 Å². The van der Waals surface area contributed by atoms with Gasteiger partial charge in [-0.1, -0.05) is 19.1 Å². The minimum Gasteiger partial charge on any atom is -0.311 e. The lowest BCUT2D eigenvalue weighted by molar-refractivity contribution is 0.608. The fraction of sp³-hybridized carbons (Fsp3) is 0.455. The van der Waals surface area contributed by atoms with Gasteiger partial charge in [0.1, 0.15) is 5.82 Å². The average molecular weight is 295 g/mol. The number of rotatable bonds is 5. The molecular formula is C11H14BrClFN. The predicted octanol–water partition coefficient (Wildman–Crippen LogP) is 3.70. The molecule has 0 aliphatic rings. The first kappa shape index (κ1) is 12.9. The van der Waals surface area contributed by atoms with Gasteiger partial charge in [-0.15, -0.1) is 11.6 Å².